The van der Waals surface area contributed by atoms with E-state index in [-0.39, 0.29) is 17.9 Å². The molecule has 0 radical (unpaired) electrons. The van der Waals surface area contributed by atoms with Gasteiger partial charge >= 0.3 is 0 Å². The SMILES string of the molecule is C=CC(=O)Nc1cc(-c2ccc3c(ccc4sc5c(c43)NCC(C)NC5=O)n2)ccc1OCCN(C)C. The number of nitrogens with one attached hydrogen (secondary N) is 3. The zero-order valence-corrected chi connectivity index (χ0v) is 21.9. The number of nitrogens with zero attached hydrogens (tertiary/aromatic N) is 2. The monoisotopic (exact) mass is 515 g/mol. The summed E-state index contributed by atoms with van der Waals surface area (Å²) in [4.78, 5) is 32.5. The molecule has 0 aliphatic carbocycles. The van der Waals surface area contributed by atoms with Gasteiger partial charge < -0.3 is 25.6 Å². The summed E-state index contributed by atoms with van der Waals surface area (Å²) in [5.74, 6) is 0.226. The van der Waals surface area contributed by atoms with Gasteiger partial charge in [0, 0.05) is 40.2 Å². The third-order valence-corrected chi connectivity index (χ3v) is 7.36. The average molecular weight is 516 g/mol. The number of ether oxygens (including phenoxy) is 1. The third-order valence-electron chi connectivity index (χ3n) is 6.21. The molecule has 1 unspecified atom stereocenters. The Kier molecular flexibility index (Phi) is 6.82. The minimum absolute atomic E-state index is 0.0478. The van der Waals surface area contributed by atoms with Crippen LogP contribution < -0.4 is 20.7 Å². The number of amides is 2. The van der Waals surface area contributed by atoms with Crippen LogP contribution in [0.2, 0.25) is 0 Å². The van der Waals surface area contributed by atoms with Gasteiger partial charge in [0.15, 0.2) is 0 Å². The summed E-state index contributed by atoms with van der Waals surface area (Å²) < 4.78 is 6.96. The van der Waals surface area contributed by atoms with E-state index in [0.29, 0.717) is 29.5 Å². The number of pyridine rings is 1. The zero-order valence-electron chi connectivity index (χ0n) is 21.1. The molecule has 8 nitrogen and oxygen atoms in total. The summed E-state index contributed by atoms with van der Waals surface area (Å²) >= 11 is 1.49. The second-order valence-electron chi connectivity index (χ2n) is 9.32. The number of benzene rings is 2. The van der Waals surface area contributed by atoms with Crippen molar-refractivity contribution in [2.45, 2.75) is 13.0 Å². The van der Waals surface area contributed by atoms with Crippen LogP contribution in [-0.4, -0.2) is 61.5 Å². The first-order valence-corrected chi connectivity index (χ1v) is 12.9. The lowest BCUT2D eigenvalue weighted by atomic mass is 10.1. The van der Waals surface area contributed by atoms with E-state index in [1.54, 1.807) is 0 Å². The molecule has 0 spiro atoms. The molecule has 5 rings (SSSR count). The van der Waals surface area contributed by atoms with Gasteiger partial charge in [-0.25, -0.2) is 4.98 Å². The normalized spacial score (nSPS) is 15.1. The van der Waals surface area contributed by atoms with E-state index >= 15 is 0 Å². The third kappa shape index (κ3) is 5.00. The highest BCUT2D eigenvalue weighted by Gasteiger charge is 2.24. The first-order chi connectivity index (χ1) is 17.8. The molecule has 0 bridgehead atoms. The maximum atomic E-state index is 12.7. The molecule has 0 saturated carbocycles. The van der Waals surface area contributed by atoms with Crippen LogP contribution in [0.3, 0.4) is 0 Å². The summed E-state index contributed by atoms with van der Waals surface area (Å²) in [6.45, 7) is 7.44. The summed E-state index contributed by atoms with van der Waals surface area (Å²) in [6.07, 6.45) is 1.23. The second kappa shape index (κ2) is 10.2. The van der Waals surface area contributed by atoms with Crippen molar-refractivity contribution in [1.29, 1.82) is 0 Å². The highest BCUT2D eigenvalue weighted by atomic mass is 32.1. The number of likely N-dealkylation sites (N-methyl/N-ethyl adjacent to an activating group) is 1. The van der Waals surface area contributed by atoms with E-state index in [1.807, 2.05) is 68.4 Å². The average Bonchev–Trinajstić information content (AvgIpc) is 3.20. The molecule has 0 saturated heterocycles. The molecule has 2 aromatic carbocycles. The molecular weight excluding hydrogens is 486 g/mol. The van der Waals surface area contributed by atoms with Gasteiger partial charge in [0.25, 0.3) is 5.91 Å². The number of thiophene rings is 1. The molecule has 2 amide bonds. The molecule has 37 heavy (non-hydrogen) atoms. The Morgan fingerprint density at radius 3 is 2.89 bits per heavy atom. The number of hydrogen-bond donors (Lipinski definition) is 3. The Morgan fingerprint density at radius 2 is 2.11 bits per heavy atom. The summed E-state index contributed by atoms with van der Waals surface area (Å²) in [5.41, 5.74) is 3.87. The maximum absolute atomic E-state index is 12.7. The van der Waals surface area contributed by atoms with Crippen molar-refractivity contribution in [1.82, 2.24) is 15.2 Å². The first kappa shape index (κ1) is 24.7. The second-order valence-corrected chi connectivity index (χ2v) is 10.4. The van der Waals surface area contributed by atoms with Crippen LogP contribution in [0, 0.1) is 0 Å². The van der Waals surface area contributed by atoms with Gasteiger partial charge in [-0.1, -0.05) is 6.58 Å². The van der Waals surface area contributed by atoms with Gasteiger partial charge in [-0.3, -0.25) is 9.59 Å². The Labute approximate surface area is 219 Å². The Bertz CT molecular complexity index is 1530. The lowest BCUT2D eigenvalue weighted by molar-refractivity contribution is -0.111. The number of rotatable bonds is 7. The van der Waals surface area contributed by atoms with Crippen LogP contribution in [0.1, 0.15) is 16.6 Å². The van der Waals surface area contributed by atoms with Gasteiger partial charge in [0.2, 0.25) is 5.91 Å². The van der Waals surface area contributed by atoms with Gasteiger partial charge in [0.1, 0.15) is 17.2 Å². The fourth-order valence-electron chi connectivity index (χ4n) is 4.32. The lowest BCUT2D eigenvalue weighted by Gasteiger charge is -2.15. The van der Waals surface area contributed by atoms with Crippen LogP contribution in [0.4, 0.5) is 11.4 Å². The zero-order chi connectivity index (χ0) is 26.1. The molecule has 0 fully saturated rings. The van der Waals surface area contributed by atoms with Crippen LogP contribution in [0.5, 0.6) is 5.75 Å². The van der Waals surface area contributed by atoms with E-state index in [9.17, 15) is 9.59 Å². The molecule has 3 N–H and O–H groups in total. The summed E-state index contributed by atoms with van der Waals surface area (Å²) in [6, 6.07) is 13.7. The number of fused-ring (bicyclic) bond motifs is 5. The van der Waals surface area contributed by atoms with Gasteiger partial charge in [0.05, 0.1) is 22.6 Å². The van der Waals surface area contributed by atoms with E-state index in [1.165, 1.54) is 17.4 Å². The van der Waals surface area contributed by atoms with Gasteiger partial charge in [-0.15, -0.1) is 11.3 Å². The van der Waals surface area contributed by atoms with E-state index in [0.717, 1.165) is 44.5 Å². The quantitative estimate of drug-likeness (QED) is 0.308. The van der Waals surface area contributed by atoms with Crippen molar-refractivity contribution < 1.29 is 14.3 Å². The number of carbonyl (C=O) groups is 2. The predicted octanol–water partition coefficient (Wildman–Crippen LogP) is 4.73. The van der Waals surface area contributed by atoms with Crippen molar-refractivity contribution in [2.75, 3.05) is 44.4 Å². The maximum Gasteiger partial charge on any atom is 0.263 e. The van der Waals surface area contributed by atoms with Gasteiger partial charge in [-0.2, -0.15) is 0 Å². The molecule has 1 atom stereocenters. The largest absolute Gasteiger partial charge is 0.490 e. The summed E-state index contributed by atoms with van der Waals surface area (Å²) in [7, 11) is 3.95. The Hall–Kier alpha value is -3.95. The Morgan fingerprint density at radius 1 is 1.27 bits per heavy atom. The first-order valence-electron chi connectivity index (χ1n) is 12.1. The number of aromatic nitrogens is 1. The van der Waals surface area contributed by atoms with Crippen LogP contribution in [-0.2, 0) is 4.79 Å². The van der Waals surface area contributed by atoms with E-state index in [4.69, 9.17) is 9.72 Å². The molecule has 2 aromatic heterocycles. The van der Waals surface area contributed by atoms with Crippen LogP contribution in [0.15, 0.2) is 55.1 Å². The van der Waals surface area contributed by atoms with E-state index in [2.05, 4.69) is 22.5 Å². The highest BCUT2D eigenvalue weighted by Crippen LogP contribution is 2.41. The van der Waals surface area contributed by atoms with Crippen molar-refractivity contribution >= 4 is 55.5 Å². The smallest absolute Gasteiger partial charge is 0.263 e. The molecule has 3 heterocycles. The standard InChI is InChI=1S/C28H29N5O3S/c1-5-24(34)32-21-14-17(6-10-22(21)36-13-12-33(3)4)19-8-7-18-20(31-19)9-11-23-25(18)26-27(37-23)28(35)30-16(2)15-29-26/h5-11,14,16,29H,1,12-13,15H2,2-4H3,(H,30,35)(H,32,34). The number of carbonyl (C=O) groups excluding carboxylic acids is 2. The molecule has 9 heteroatoms. The molecule has 1 aliphatic rings. The van der Waals surface area contributed by atoms with Crippen LogP contribution >= 0.6 is 11.3 Å². The lowest BCUT2D eigenvalue weighted by Crippen LogP contribution is -2.34. The topological polar surface area (TPSA) is 95.6 Å². The molecule has 1 aliphatic heterocycles. The minimum Gasteiger partial charge on any atom is -0.490 e. The van der Waals surface area contributed by atoms with Crippen LogP contribution in [0.25, 0.3) is 32.2 Å². The minimum atomic E-state index is -0.313. The molecule has 190 valence electrons. The van der Waals surface area contributed by atoms with Crippen molar-refractivity contribution in [3.8, 4) is 17.0 Å². The summed E-state index contributed by atoms with van der Waals surface area (Å²) in [5, 5.41) is 11.3. The highest BCUT2D eigenvalue weighted by molar-refractivity contribution is 7.21. The predicted molar refractivity (Wildman–Crippen MR) is 151 cm³/mol. The Balaban J connectivity index is 1.54. The number of anilines is 2. The van der Waals surface area contributed by atoms with Crippen molar-refractivity contribution in [3.63, 3.8) is 0 Å². The van der Waals surface area contributed by atoms with E-state index < -0.39 is 0 Å². The van der Waals surface area contributed by atoms with Crippen molar-refractivity contribution in [2.24, 2.45) is 0 Å². The fourth-order valence-corrected chi connectivity index (χ4v) is 5.42. The molecular formula is C28H29N5O3S. The fraction of sp³-hybridized carbons (Fsp3) is 0.250. The van der Waals surface area contributed by atoms with Gasteiger partial charge in [-0.05, 0) is 69.6 Å². The molecule has 4 aromatic rings. The van der Waals surface area contributed by atoms with Crippen molar-refractivity contribution in [3.05, 3.63) is 60.0 Å². The number of hydrogen-bond acceptors (Lipinski definition) is 7.